The number of nitrogens with one attached hydrogen (secondary N) is 1. The SMILES string of the molecule is CCCC(F)(CCO[C@H]([C@H](O)CO)n1cc(I)c(=O)[nH]c1=O)OP(=O)(O)C(O)(CC)CC. The van der Waals surface area contributed by atoms with Crippen LogP contribution in [0.15, 0.2) is 15.8 Å². The van der Waals surface area contributed by atoms with Gasteiger partial charge in [0.2, 0.25) is 5.85 Å². The Bertz CT molecular complexity index is 907. The third-order valence-corrected chi connectivity index (χ3v) is 8.08. The fraction of sp³-hybridized carbons (Fsp3) is 0.778. The van der Waals surface area contributed by atoms with E-state index in [4.69, 9.17) is 9.26 Å². The monoisotopic (exact) mass is 596 g/mol. The smallest absolute Gasteiger partial charge is 0.362 e. The van der Waals surface area contributed by atoms with E-state index in [-0.39, 0.29) is 29.3 Å². The van der Waals surface area contributed by atoms with Crippen molar-refractivity contribution in [1.29, 1.82) is 0 Å². The van der Waals surface area contributed by atoms with Crippen molar-refractivity contribution >= 4 is 30.2 Å². The Labute approximate surface area is 198 Å². The second-order valence-corrected chi connectivity index (χ2v) is 10.6. The molecule has 1 aromatic heterocycles. The standard InChI is InChI=1S/C18H31FIN2O9P/c1-4-7-17(19,31-32(28,29)18(27,5-2)6-3)8-9-30-15(13(24)11-23)22-10-12(20)14(25)21-16(22)26/h10,13,15,23-24,27H,4-9,11H2,1-3H3,(H,28,29)(H,21,25,26)/t13-,15-,17?/m1/s1. The van der Waals surface area contributed by atoms with Crippen LogP contribution in [0.4, 0.5) is 4.39 Å². The first-order chi connectivity index (χ1) is 14.8. The van der Waals surface area contributed by atoms with Crippen LogP contribution in [0.25, 0.3) is 0 Å². The summed E-state index contributed by atoms with van der Waals surface area (Å²) in [6, 6.07) is 0. The van der Waals surface area contributed by atoms with Crippen LogP contribution in [0.1, 0.15) is 59.1 Å². The van der Waals surface area contributed by atoms with E-state index in [1.165, 1.54) is 13.8 Å². The lowest BCUT2D eigenvalue weighted by molar-refractivity contribution is -0.139. The molecule has 11 nitrogen and oxygen atoms in total. The molecule has 4 atom stereocenters. The van der Waals surface area contributed by atoms with E-state index in [1.54, 1.807) is 29.5 Å². The van der Waals surface area contributed by atoms with E-state index < -0.39 is 62.0 Å². The van der Waals surface area contributed by atoms with Gasteiger partial charge in [0.05, 0.1) is 16.8 Å². The summed E-state index contributed by atoms with van der Waals surface area (Å²) in [5.41, 5.74) is -1.57. The van der Waals surface area contributed by atoms with Crippen molar-refractivity contribution < 1.29 is 38.4 Å². The van der Waals surface area contributed by atoms with Crippen LogP contribution >= 0.6 is 30.2 Å². The van der Waals surface area contributed by atoms with E-state index in [0.717, 1.165) is 10.8 Å². The molecule has 1 rings (SSSR count). The summed E-state index contributed by atoms with van der Waals surface area (Å²) in [6.07, 6.45) is -2.83. The molecular formula is C18H31FIN2O9P. The van der Waals surface area contributed by atoms with Crippen molar-refractivity contribution in [2.24, 2.45) is 0 Å². The lowest BCUT2D eigenvalue weighted by Crippen LogP contribution is -2.41. The van der Waals surface area contributed by atoms with Crippen molar-refractivity contribution in [2.75, 3.05) is 13.2 Å². The molecule has 0 aliphatic rings. The number of rotatable bonds is 14. The van der Waals surface area contributed by atoms with E-state index in [1.807, 2.05) is 4.98 Å². The van der Waals surface area contributed by atoms with Crippen LogP contribution in [-0.2, 0) is 13.8 Å². The average molecular weight is 596 g/mol. The first kappa shape index (κ1) is 29.4. The zero-order valence-electron chi connectivity index (χ0n) is 18.2. The van der Waals surface area contributed by atoms with Crippen molar-refractivity contribution in [3.8, 4) is 0 Å². The molecule has 5 N–H and O–H groups in total. The molecule has 32 heavy (non-hydrogen) atoms. The van der Waals surface area contributed by atoms with Gasteiger partial charge in [0.15, 0.2) is 11.6 Å². The van der Waals surface area contributed by atoms with Gasteiger partial charge in [-0.05, 0) is 35.4 Å². The van der Waals surface area contributed by atoms with Crippen molar-refractivity contribution in [3.63, 3.8) is 0 Å². The summed E-state index contributed by atoms with van der Waals surface area (Å²) < 4.78 is 39.4. The van der Waals surface area contributed by atoms with Crippen molar-refractivity contribution in [3.05, 3.63) is 30.6 Å². The highest BCUT2D eigenvalue weighted by molar-refractivity contribution is 14.1. The fourth-order valence-corrected chi connectivity index (χ4v) is 5.02. The fourth-order valence-electron chi connectivity index (χ4n) is 2.99. The molecule has 0 amide bonds. The number of hydrogen-bond donors (Lipinski definition) is 5. The average Bonchev–Trinajstić information content (AvgIpc) is 2.72. The van der Waals surface area contributed by atoms with Crippen LogP contribution in [-0.4, -0.2) is 60.3 Å². The largest absolute Gasteiger partial charge is 0.394 e. The Morgan fingerprint density at radius 3 is 2.38 bits per heavy atom. The molecule has 186 valence electrons. The van der Waals surface area contributed by atoms with Gasteiger partial charge in [-0.1, -0.05) is 27.2 Å². The van der Waals surface area contributed by atoms with Gasteiger partial charge in [-0.3, -0.25) is 23.4 Å². The normalized spacial score (nSPS) is 18.0. The minimum absolute atomic E-state index is 0.106. The van der Waals surface area contributed by atoms with E-state index >= 15 is 4.39 Å². The number of hydrogen-bond acceptors (Lipinski definition) is 8. The molecular weight excluding hydrogens is 565 g/mol. The maximum atomic E-state index is 15.4. The molecule has 0 bridgehead atoms. The molecule has 1 aromatic rings. The number of H-pyrrole nitrogens is 1. The van der Waals surface area contributed by atoms with Gasteiger partial charge in [0, 0.05) is 19.0 Å². The Hall–Kier alpha value is -0.670. The van der Waals surface area contributed by atoms with Crippen molar-refractivity contribution in [1.82, 2.24) is 9.55 Å². The number of nitrogens with zero attached hydrogens (tertiary/aromatic N) is 1. The molecule has 2 unspecified atom stereocenters. The molecule has 1 heterocycles. The number of aliphatic hydroxyl groups is 3. The lowest BCUT2D eigenvalue weighted by atomic mass is 10.1. The summed E-state index contributed by atoms with van der Waals surface area (Å²) in [5, 5.41) is 27.6. The Balaban J connectivity index is 3.09. The molecule has 0 spiro atoms. The highest BCUT2D eigenvalue weighted by atomic mass is 127. The summed E-state index contributed by atoms with van der Waals surface area (Å²) in [5.74, 6) is -2.64. The van der Waals surface area contributed by atoms with E-state index in [2.05, 4.69) is 0 Å². The van der Waals surface area contributed by atoms with Gasteiger partial charge in [0.1, 0.15) is 6.10 Å². The highest BCUT2D eigenvalue weighted by Crippen LogP contribution is 2.60. The maximum absolute atomic E-state index is 15.4. The minimum Gasteiger partial charge on any atom is -0.394 e. The third kappa shape index (κ3) is 7.16. The first-order valence-corrected chi connectivity index (χ1v) is 12.8. The number of aliphatic hydroxyl groups excluding tert-OH is 2. The quantitative estimate of drug-likeness (QED) is 0.158. The molecule has 0 aliphatic carbocycles. The first-order valence-electron chi connectivity index (χ1n) is 10.2. The summed E-state index contributed by atoms with van der Waals surface area (Å²) in [6.45, 7) is 3.29. The molecule has 0 saturated carbocycles. The minimum atomic E-state index is -4.79. The van der Waals surface area contributed by atoms with Gasteiger partial charge in [-0.15, -0.1) is 0 Å². The molecule has 0 radical (unpaired) electrons. The van der Waals surface area contributed by atoms with Crippen LogP contribution < -0.4 is 11.2 Å². The molecule has 0 aromatic carbocycles. The van der Waals surface area contributed by atoms with Gasteiger partial charge in [-0.25, -0.2) is 9.18 Å². The number of alkyl halides is 1. The second kappa shape index (κ2) is 12.2. The van der Waals surface area contributed by atoms with Crippen LogP contribution in [0.2, 0.25) is 0 Å². The number of ether oxygens (including phenoxy) is 1. The van der Waals surface area contributed by atoms with Gasteiger partial charge >= 0.3 is 13.3 Å². The molecule has 14 heteroatoms. The van der Waals surface area contributed by atoms with Gasteiger partial charge in [-0.2, -0.15) is 0 Å². The summed E-state index contributed by atoms with van der Waals surface area (Å²) >= 11 is 1.66. The Morgan fingerprint density at radius 1 is 1.28 bits per heavy atom. The van der Waals surface area contributed by atoms with E-state index in [0.29, 0.717) is 0 Å². The predicted octanol–water partition coefficient (Wildman–Crippen LogP) is 1.58. The van der Waals surface area contributed by atoms with E-state index in [9.17, 15) is 34.4 Å². The Kier molecular flexibility index (Phi) is 11.2. The summed E-state index contributed by atoms with van der Waals surface area (Å²) in [7, 11) is -4.79. The lowest BCUT2D eigenvalue weighted by Gasteiger charge is -2.35. The maximum Gasteiger partial charge on any atom is 0.362 e. The molecule has 0 aliphatic heterocycles. The van der Waals surface area contributed by atoms with Crippen LogP contribution in [0, 0.1) is 3.57 Å². The Morgan fingerprint density at radius 2 is 1.88 bits per heavy atom. The van der Waals surface area contributed by atoms with Gasteiger partial charge in [0.25, 0.3) is 5.56 Å². The highest BCUT2D eigenvalue weighted by Gasteiger charge is 2.50. The van der Waals surface area contributed by atoms with Crippen LogP contribution in [0.5, 0.6) is 0 Å². The number of aromatic nitrogens is 2. The second-order valence-electron chi connectivity index (χ2n) is 7.34. The zero-order valence-corrected chi connectivity index (χ0v) is 21.2. The third-order valence-electron chi connectivity index (χ3n) is 5.05. The van der Waals surface area contributed by atoms with Crippen LogP contribution in [0.3, 0.4) is 0 Å². The molecule has 0 saturated heterocycles. The topological polar surface area (TPSA) is 171 Å². The molecule has 0 fully saturated rings. The van der Waals surface area contributed by atoms with Crippen molar-refractivity contribution in [2.45, 2.75) is 76.4 Å². The number of halogens is 2. The predicted molar refractivity (Wildman–Crippen MR) is 122 cm³/mol. The summed E-state index contributed by atoms with van der Waals surface area (Å²) in [4.78, 5) is 36.0. The number of aromatic amines is 1. The van der Waals surface area contributed by atoms with Gasteiger partial charge < -0.3 is 24.9 Å². The zero-order chi connectivity index (χ0) is 24.7.